The lowest BCUT2D eigenvalue weighted by atomic mass is 10.1. The van der Waals surface area contributed by atoms with Crippen molar-refractivity contribution < 1.29 is 9.63 Å². The van der Waals surface area contributed by atoms with E-state index in [4.69, 9.17) is 4.84 Å². The first kappa shape index (κ1) is 10.1. The van der Waals surface area contributed by atoms with Crippen LogP contribution < -0.4 is 0 Å². The van der Waals surface area contributed by atoms with E-state index >= 15 is 0 Å². The van der Waals surface area contributed by atoms with Crippen LogP contribution in [0.4, 0.5) is 0 Å². The third-order valence-electron chi connectivity index (χ3n) is 2.43. The van der Waals surface area contributed by atoms with Crippen LogP contribution in [0.3, 0.4) is 0 Å². The van der Waals surface area contributed by atoms with Gasteiger partial charge in [-0.15, -0.1) is 0 Å². The van der Waals surface area contributed by atoms with E-state index < -0.39 is 0 Å². The third-order valence-corrected chi connectivity index (χ3v) is 2.43. The molecule has 1 fully saturated rings. The predicted octanol–water partition coefficient (Wildman–Crippen LogP) is 1.48. The minimum atomic E-state index is -0.0856. The van der Waals surface area contributed by atoms with Gasteiger partial charge in [0, 0.05) is 5.69 Å². The topological polar surface area (TPSA) is 42.4 Å². The number of hydrogen-bond donors (Lipinski definition) is 0. The number of rotatable bonds is 1. The molecule has 0 aromatic carbocycles. The summed E-state index contributed by atoms with van der Waals surface area (Å²) in [5.74, 6) is -0.0856. The van der Waals surface area contributed by atoms with Gasteiger partial charge in [0.1, 0.15) is 0 Å². The molecular formula is C11H14N2O2. The summed E-state index contributed by atoms with van der Waals surface area (Å²) in [6.45, 7) is 5.06. The number of carbonyl (C=O) groups is 1. The van der Waals surface area contributed by atoms with E-state index in [-0.39, 0.29) is 5.91 Å². The zero-order chi connectivity index (χ0) is 10.8. The minimum absolute atomic E-state index is 0.0856. The molecule has 0 spiro atoms. The molecule has 2 rings (SSSR count). The Morgan fingerprint density at radius 3 is 2.87 bits per heavy atom. The summed E-state index contributed by atoms with van der Waals surface area (Å²) in [5, 5.41) is 1.42. The molecule has 0 bridgehead atoms. The molecule has 15 heavy (non-hydrogen) atoms. The second-order valence-electron chi connectivity index (χ2n) is 3.68. The van der Waals surface area contributed by atoms with Crippen LogP contribution >= 0.6 is 0 Å². The lowest BCUT2D eigenvalue weighted by Crippen LogP contribution is -2.27. The Kier molecular flexibility index (Phi) is 2.68. The number of amides is 1. The average Bonchev–Trinajstić information content (AvgIpc) is 2.69. The van der Waals surface area contributed by atoms with Crippen molar-refractivity contribution in [2.45, 2.75) is 20.3 Å². The Labute approximate surface area is 88.8 Å². The molecule has 0 atom stereocenters. The molecule has 1 aliphatic heterocycles. The maximum atomic E-state index is 11.9. The normalized spacial score (nSPS) is 15.7. The molecule has 2 heterocycles. The minimum Gasteiger partial charge on any atom is -0.271 e. The highest BCUT2D eigenvalue weighted by atomic mass is 16.7. The van der Waals surface area contributed by atoms with Crippen LogP contribution in [-0.4, -0.2) is 29.1 Å². The largest absolute Gasteiger partial charge is 0.279 e. The van der Waals surface area contributed by atoms with Crippen molar-refractivity contribution in [1.82, 2.24) is 10.0 Å². The molecule has 0 unspecified atom stereocenters. The highest BCUT2D eigenvalue weighted by molar-refractivity contribution is 5.94. The monoisotopic (exact) mass is 206 g/mol. The molecule has 4 heteroatoms. The van der Waals surface area contributed by atoms with Gasteiger partial charge in [0.15, 0.2) is 0 Å². The Balaban J connectivity index is 2.24. The van der Waals surface area contributed by atoms with Crippen molar-refractivity contribution in [3.63, 3.8) is 0 Å². The van der Waals surface area contributed by atoms with E-state index in [1.54, 1.807) is 0 Å². The van der Waals surface area contributed by atoms with E-state index in [2.05, 4.69) is 4.98 Å². The molecule has 80 valence electrons. The van der Waals surface area contributed by atoms with Crippen LogP contribution in [0.15, 0.2) is 12.1 Å². The van der Waals surface area contributed by atoms with Crippen LogP contribution in [0.1, 0.15) is 28.2 Å². The van der Waals surface area contributed by atoms with Gasteiger partial charge in [0.05, 0.1) is 24.4 Å². The van der Waals surface area contributed by atoms with E-state index in [9.17, 15) is 4.79 Å². The summed E-state index contributed by atoms with van der Waals surface area (Å²) >= 11 is 0. The number of hydrogen-bond acceptors (Lipinski definition) is 3. The average molecular weight is 206 g/mol. The van der Waals surface area contributed by atoms with Gasteiger partial charge in [-0.25, -0.2) is 5.06 Å². The Morgan fingerprint density at radius 2 is 2.27 bits per heavy atom. The third kappa shape index (κ3) is 1.99. The summed E-state index contributed by atoms with van der Waals surface area (Å²) in [7, 11) is 0. The highest BCUT2D eigenvalue weighted by Crippen LogP contribution is 2.13. The van der Waals surface area contributed by atoms with E-state index in [0.29, 0.717) is 18.7 Å². The molecule has 1 aliphatic rings. The summed E-state index contributed by atoms with van der Waals surface area (Å²) in [4.78, 5) is 21.4. The molecular weight excluding hydrogens is 192 g/mol. The zero-order valence-electron chi connectivity index (χ0n) is 8.99. The fourth-order valence-corrected chi connectivity index (χ4v) is 1.65. The summed E-state index contributed by atoms with van der Waals surface area (Å²) in [6.07, 6.45) is 0.907. The molecule has 0 saturated carbocycles. The van der Waals surface area contributed by atoms with Crippen molar-refractivity contribution in [1.29, 1.82) is 0 Å². The fourth-order valence-electron chi connectivity index (χ4n) is 1.65. The fraction of sp³-hybridized carbons (Fsp3) is 0.455. The smallest absolute Gasteiger partial charge is 0.271 e. The summed E-state index contributed by atoms with van der Waals surface area (Å²) < 4.78 is 0. The molecule has 1 amide bonds. The highest BCUT2D eigenvalue weighted by Gasteiger charge is 2.22. The maximum Gasteiger partial charge on any atom is 0.279 e. The number of nitrogens with zero attached hydrogens (tertiary/aromatic N) is 2. The van der Waals surface area contributed by atoms with Gasteiger partial charge in [-0.1, -0.05) is 0 Å². The number of aromatic nitrogens is 1. The van der Waals surface area contributed by atoms with Crippen molar-refractivity contribution >= 4 is 5.91 Å². The Hall–Kier alpha value is -1.42. The van der Waals surface area contributed by atoms with Gasteiger partial charge in [0.2, 0.25) is 0 Å². The van der Waals surface area contributed by atoms with Crippen LogP contribution in [-0.2, 0) is 4.84 Å². The number of aryl methyl sites for hydroxylation is 2. The van der Waals surface area contributed by atoms with Gasteiger partial charge in [-0.3, -0.25) is 14.6 Å². The molecule has 1 saturated heterocycles. The summed E-state index contributed by atoms with van der Waals surface area (Å²) in [6, 6.07) is 3.65. The van der Waals surface area contributed by atoms with Crippen LogP contribution in [0, 0.1) is 13.8 Å². The number of pyridine rings is 1. The van der Waals surface area contributed by atoms with Crippen LogP contribution in [0.5, 0.6) is 0 Å². The second-order valence-corrected chi connectivity index (χ2v) is 3.68. The van der Waals surface area contributed by atoms with Gasteiger partial charge >= 0.3 is 0 Å². The lowest BCUT2D eigenvalue weighted by Gasteiger charge is -2.14. The summed E-state index contributed by atoms with van der Waals surface area (Å²) in [5.41, 5.74) is 2.31. The number of carbonyl (C=O) groups excluding carboxylic acids is 1. The molecule has 4 nitrogen and oxygen atoms in total. The first-order valence-electron chi connectivity index (χ1n) is 5.07. The van der Waals surface area contributed by atoms with E-state index in [1.807, 2.05) is 26.0 Å². The van der Waals surface area contributed by atoms with Crippen molar-refractivity contribution in [3.8, 4) is 0 Å². The first-order valence-corrected chi connectivity index (χ1v) is 5.07. The predicted molar refractivity (Wildman–Crippen MR) is 55.3 cm³/mol. The Morgan fingerprint density at radius 1 is 1.47 bits per heavy atom. The quantitative estimate of drug-likeness (QED) is 0.699. The standard InChI is InChI=1S/C11H14N2O2/c1-8-4-5-10(9(2)12-8)11(14)13-6-3-7-15-13/h4-5H,3,6-7H2,1-2H3. The van der Waals surface area contributed by atoms with Crippen LogP contribution in [0.25, 0.3) is 0 Å². The Bertz CT molecular complexity index is 384. The number of hydroxylamine groups is 2. The molecule has 0 radical (unpaired) electrons. The van der Waals surface area contributed by atoms with Crippen molar-refractivity contribution in [2.24, 2.45) is 0 Å². The van der Waals surface area contributed by atoms with E-state index in [0.717, 1.165) is 17.8 Å². The molecule has 0 aliphatic carbocycles. The van der Waals surface area contributed by atoms with Gasteiger partial charge in [-0.2, -0.15) is 0 Å². The van der Waals surface area contributed by atoms with Crippen molar-refractivity contribution in [2.75, 3.05) is 13.2 Å². The van der Waals surface area contributed by atoms with Gasteiger partial charge in [-0.05, 0) is 32.4 Å². The van der Waals surface area contributed by atoms with Gasteiger partial charge in [0.25, 0.3) is 5.91 Å². The first-order chi connectivity index (χ1) is 7.18. The van der Waals surface area contributed by atoms with Crippen molar-refractivity contribution in [3.05, 3.63) is 29.1 Å². The molecule has 1 aromatic rings. The van der Waals surface area contributed by atoms with E-state index in [1.165, 1.54) is 5.06 Å². The lowest BCUT2D eigenvalue weighted by molar-refractivity contribution is -0.0769. The zero-order valence-corrected chi connectivity index (χ0v) is 8.99. The maximum absolute atomic E-state index is 11.9. The van der Waals surface area contributed by atoms with Crippen LogP contribution in [0.2, 0.25) is 0 Å². The molecule has 1 aromatic heterocycles. The molecule has 0 N–H and O–H groups in total. The van der Waals surface area contributed by atoms with Gasteiger partial charge < -0.3 is 0 Å². The SMILES string of the molecule is Cc1ccc(C(=O)N2CCCO2)c(C)n1. The second kappa shape index (κ2) is 3.98.